The molecule has 18 heavy (non-hydrogen) atoms. The summed E-state index contributed by atoms with van der Waals surface area (Å²) in [6.45, 7) is 5.12. The number of hydrogen-bond donors (Lipinski definition) is 2. The molecule has 3 heteroatoms. The fraction of sp³-hybridized carbons (Fsp3) is 0.533. The summed E-state index contributed by atoms with van der Waals surface area (Å²) in [4.78, 5) is 11.9. The smallest absolute Gasteiger partial charge is 0.224 e. The van der Waals surface area contributed by atoms with Gasteiger partial charge < -0.3 is 10.6 Å². The predicted octanol–water partition coefficient (Wildman–Crippen LogP) is 1.79. The monoisotopic (exact) mass is 246 g/mol. The molecule has 2 atom stereocenters. The number of piperidine rings is 1. The fourth-order valence-corrected chi connectivity index (χ4v) is 2.41. The Kier molecular flexibility index (Phi) is 4.37. The fourth-order valence-electron chi connectivity index (χ4n) is 2.41. The summed E-state index contributed by atoms with van der Waals surface area (Å²) in [5.74, 6) is 0.127. The third-order valence-corrected chi connectivity index (χ3v) is 3.47. The largest absolute Gasteiger partial charge is 0.352 e. The molecule has 1 aliphatic rings. The standard InChI is InChI=1S/C15H22N2O/c1-11-4-3-5-13(8-11)9-15(18)17-14-7-6-12(2)16-10-14/h3-5,8,12,14,16H,6-7,9-10H2,1-2H3,(H,17,18). The van der Waals surface area contributed by atoms with Crippen molar-refractivity contribution in [1.29, 1.82) is 0 Å². The van der Waals surface area contributed by atoms with Gasteiger partial charge in [0.15, 0.2) is 0 Å². The number of amides is 1. The minimum absolute atomic E-state index is 0.127. The summed E-state index contributed by atoms with van der Waals surface area (Å²) >= 11 is 0. The predicted molar refractivity (Wildman–Crippen MR) is 73.5 cm³/mol. The maximum atomic E-state index is 11.9. The van der Waals surface area contributed by atoms with Gasteiger partial charge in [0.05, 0.1) is 6.42 Å². The van der Waals surface area contributed by atoms with Crippen LogP contribution < -0.4 is 10.6 Å². The summed E-state index contributed by atoms with van der Waals surface area (Å²) in [6.07, 6.45) is 2.69. The SMILES string of the molecule is Cc1cccc(CC(=O)NC2CCC(C)NC2)c1. The first-order chi connectivity index (χ1) is 8.63. The molecule has 0 bridgehead atoms. The molecule has 1 aromatic carbocycles. The van der Waals surface area contributed by atoms with E-state index in [1.165, 1.54) is 5.56 Å². The van der Waals surface area contributed by atoms with E-state index < -0.39 is 0 Å². The first-order valence-electron chi connectivity index (χ1n) is 6.72. The van der Waals surface area contributed by atoms with Gasteiger partial charge in [-0.05, 0) is 32.3 Å². The maximum absolute atomic E-state index is 11.9. The molecule has 2 rings (SSSR count). The summed E-state index contributed by atoms with van der Waals surface area (Å²) < 4.78 is 0. The average molecular weight is 246 g/mol. The van der Waals surface area contributed by atoms with Crippen molar-refractivity contribution in [1.82, 2.24) is 10.6 Å². The van der Waals surface area contributed by atoms with E-state index in [0.29, 0.717) is 18.5 Å². The number of aryl methyl sites for hydroxylation is 1. The topological polar surface area (TPSA) is 41.1 Å². The molecule has 0 spiro atoms. The third-order valence-electron chi connectivity index (χ3n) is 3.47. The Morgan fingerprint density at radius 2 is 2.28 bits per heavy atom. The van der Waals surface area contributed by atoms with Crippen LogP contribution in [0.3, 0.4) is 0 Å². The molecule has 2 unspecified atom stereocenters. The zero-order valence-electron chi connectivity index (χ0n) is 11.2. The Bertz CT molecular complexity index is 409. The molecule has 1 heterocycles. The van der Waals surface area contributed by atoms with E-state index >= 15 is 0 Å². The van der Waals surface area contributed by atoms with Crippen LogP contribution >= 0.6 is 0 Å². The number of nitrogens with one attached hydrogen (secondary N) is 2. The lowest BCUT2D eigenvalue weighted by atomic mass is 10.0. The quantitative estimate of drug-likeness (QED) is 0.854. The van der Waals surface area contributed by atoms with Crippen LogP contribution in [0.2, 0.25) is 0 Å². The van der Waals surface area contributed by atoms with Crippen LogP contribution in [0.15, 0.2) is 24.3 Å². The third kappa shape index (κ3) is 3.84. The number of hydrogen-bond acceptors (Lipinski definition) is 2. The number of carbonyl (C=O) groups excluding carboxylic acids is 1. The second kappa shape index (κ2) is 6.01. The van der Waals surface area contributed by atoms with Gasteiger partial charge in [0, 0.05) is 18.6 Å². The molecule has 1 aromatic rings. The van der Waals surface area contributed by atoms with Crippen molar-refractivity contribution in [3.63, 3.8) is 0 Å². The van der Waals surface area contributed by atoms with E-state index in [9.17, 15) is 4.79 Å². The Morgan fingerprint density at radius 3 is 2.94 bits per heavy atom. The highest BCUT2D eigenvalue weighted by atomic mass is 16.1. The zero-order valence-corrected chi connectivity index (χ0v) is 11.2. The van der Waals surface area contributed by atoms with E-state index in [0.717, 1.165) is 24.9 Å². The van der Waals surface area contributed by atoms with Crippen LogP contribution in [0.5, 0.6) is 0 Å². The van der Waals surface area contributed by atoms with Crippen LogP contribution in [-0.4, -0.2) is 24.5 Å². The molecule has 1 aliphatic heterocycles. The Balaban J connectivity index is 1.82. The summed E-state index contributed by atoms with van der Waals surface area (Å²) in [5, 5.41) is 6.50. The highest BCUT2D eigenvalue weighted by Gasteiger charge is 2.18. The summed E-state index contributed by atoms with van der Waals surface area (Å²) in [7, 11) is 0. The number of carbonyl (C=O) groups is 1. The minimum atomic E-state index is 0.127. The van der Waals surface area contributed by atoms with Crippen molar-refractivity contribution in [3.05, 3.63) is 35.4 Å². The molecule has 1 amide bonds. The molecule has 0 radical (unpaired) electrons. The van der Waals surface area contributed by atoms with Gasteiger partial charge >= 0.3 is 0 Å². The summed E-state index contributed by atoms with van der Waals surface area (Å²) in [6, 6.07) is 9.00. The lowest BCUT2D eigenvalue weighted by Gasteiger charge is -2.28. The van der Waals surface area contributed by atoms with Crippen molar-refractivity contribution in [2.45, 2.75) is 45.2 Å². The molecular formula is C15H22N2O. The van der Waals surface area contributed by atoms with Gasteiger partial charge in [-0.2, -0.15) is 0 Å². The van der Waals surface area contributed by atoms with Gasteiger partial charge in [-0.3, -0.25) is 4.79 Å². The Labute approximate surface area is 109 Å². The molecule has 3 nitrogen and oxygen atoms in total. The molecule has 2 N–H and O–H groups in total. The van der Waals surface area contributed by atoms with Gasteiger partial charge in [-0.25, -0.2) is 0 Å². The first kappa shape index (κ1) is 13.1. The van der Waals surface area contributed by atoms with Crippen LogP contribution in [0.1, 0.15) is 30.9 Å². The zero-order chi connectivity index (χ0) is 13.0. The number of benzene rings is 1. The van der Waals surface area contributed by atoms with Crippen molar-refractivity contribution in [2.24, 2.45) is 0 Å². The summed E-state index contributed by atoms with van der Waals surface area (Å²) in [5.41, 5.74) is 2.29. The van der Waals surface area contributed by atoms with Crippen molar-refractivity contribution >= 4 is 5.91 Å². The molecule has 1 saturated heterocycles. The molecule has 0 saturated carbocycles. The van der Waals surface area contributed by atoms with Crippen molar-refractivity contribution < 1.29 is 4.79 Å². The number of rotatable bonds is 3. The van der Waals surface area contributed by atoms with Gasteiger partial charge in [0.2, 0.25) is 5.91 Å². The van der Waals surface area contributed by atoms with Gasteiger partial charge in [0.1, 0.15) is 0 Å². The van der Waals surface area contributed by atoms with Crippen LogP contribution in [0, 0.1) is 6.92 Å². The molecule has 0 aliphatic carbocycles. The minimum Gasteiger partial charge on any atom is -0.352 e. The average Bonchev–Trinajstić information content (AvgIpc) is 2.32. The van der Waals surface area contributed by atoms with E-state index in [1.54, 1.807) is 0 Å². The van der Waals surface area contributed by atoms with Crippen molar-refractivity contribution in [3.8, 4) is 0 Å². The second-order valence-electron chi connectivity index (χ2n) is 5.32. The Hall–Kier alpha value is -1.35. The van der Waals surface area contributed by atoms with E-state index in [4.69, 9.17) is 0 Å². The van der Waals surface area contributed by atoms with E-state index in [-0.39, 0.29) is 5.91 Å². The molecule has 98 valence electrons. The lowest BCUT2D eigenvalue weighted by molar-refractivity contribution is -0.121. The highest BCUT2D eigenvalue weighted by molar-refractivity contribution is 5.78. The first-order valence-corrected chi connectivity index (χ1v) is 6.72. The maximum Gasteiger partial charge on any atom is 0.224 e. The molecule has 1 fully saturated rings. The Morgan fingerprint density at radius 1 is 1.44 bits per heavy atom. The lowest BCUT2D eigenvalue weighted by Crippen LogP contribution is -2.49. The molecular weight excluding hydrogens is 224 g/mol. The van der Waals surface area contributed by atoms with Crippen LogP contribution in [-0.2, 0) is 11.2 Å². The highest BCUT2D eigenvalue weighted by Crippen LogP contribution is 2.08. The van der Waals surface area contributed by atoms with Gasteiger partial charge in [0.25, 0.3) is 0 Å². The molecule has 0 aromatic heterocycles. The van der Waals surface area contributed by atoms with Gasteiger partial charge in [-0.15, -0.1) is 0 Å². The van der Waals surface area contributed by atoms with Gasteiger partial charge in [-0.1, -0.05) is 29.8 Å². The van der Waals surface area contributed by atoms with Crippen molar-refractivity contribution in [2.75, 3.05) is 6.54 Å². The van der Waals surface area contributed by atoms with Crippen LogP contribution in [0.25, 0.3) is 0 Å². The normalized spacial score (nSPS) is 23.7. The van der Waals surface area contributed by atoms with Crippen LogP contribution in [0.4, 0.5) is 0 Å². The van der Waals surface area contributed by atoms with E-state index in [2.05, 4.69) is 23.6 Å². The second-order valence-corrected chi connectivity index (χ2v) is 5.32. The van der Waals surface area contributed by atoms with E-state index in [1.807, 2.05) is 25.1 Å².